The number of amides is 1. The van der Waals surface area contributed by atoms with Crippen LogP contribution in [0.3, 0.4) is 0 Å². The Hall–Kier alpha value is -3.74. The van der Waals surface area contributed by atoms with Gasteiger partial charge in [0.2, 0.25) is 5.95 Å². The minimum Gasteiger partial charge on any atom is -0.478 e. The highest BCUT2D eigenvalue weighted by atomic mass is 16.4. The van der Waals surface area contributed by atoms with Gasteiger partial charge in [0.15, 0.2) is 0 Å². The number of hydrogen-bond donors (Lipinski definition) is 2. The van der Waals surface area contributed by atoms with E-state index >= 15 is 0 Å². The van der Waals surface area contributed by atoms with Crippen LogP contribution in [-0.4, -0.2) is 44.9 Å². The number of aromatic carboxylic acids is 1. The highest BCUT2D eigenvalue weighted by Crippen LogP contribution is 2.28. The molecule has 0 spiro atoms. The molecule has 3 aromatic rings. The molecule has 1 fully saturated rings. The lowest BCUT2D eigenvalue weighted by Gasteiger charge is -2.16. The van der Waals surface area contributed by atoms with E-state index in [0.717, 1.165) is 17.7 Å². The number of nitrogens with zero attached hydrogens (tertiary/aromatic N) is 3. The molecule has 7 heteroatoms. The Bertz CT molecular complexity index is 1000. The van der Waals surface area contributed by atoms with Crippen molar-refractivity contribution in [3.05, 3.63) is 83.7 Å². The predicted octanol–water partition coefficient (Wildman–Crippen LogP) is 3.55. The van der Waals surface area contributed by atoms with Crippen LogP contribution in [0.25, 0.3) is 0 Å². The average molecular weight is 388 g/mol. The van der Waals surface area contributed by atoms with E-state index in [1.807, 2.05) is 42.5 Å². The molecule has 146 valence electrons. The van der Waals surface area contributed by atoms with Gasteiger partial charge in [-0.15, -0.1) is 0 Å². The van der Waals surface area contributed by atoms with Gasteiger partial charge in [0, 0.05) is 37.1 Å². The summed E-state index contributed by atoms with van der Waals surface area (Å²) in [5.74, 6) is -0.404. The van der Waals surface area contributed by atoms with Crippen LogP contribution in [0, 0.1) is 0 Å². The molecule has 1 aliphatic rings. The van der Waals surface area contributed by atoms with Gasteiger partial charge in [-0.3, -0.25) is 4.79 Å². The number of nitrogens with one attached hydrogen (secondary N) is 1. The average Bonchev–Trinajstić information content (AvgIpc) is 3.25. The van der Waals surface area contributed by atoms with Crippen molar-refractivity contribution in [1.82, 2.24) is 14.9 Å². The van der Waals surface area contributed by atoms with Gasteiger partial charge in [0.1, 0.15) is 0 Å². The summed E-state index contributed by atoms with van der Waals surface area (Å²) in [6.45, 7) is 1.24. The predicted molar refractivity (Wildman–Crippen MR) is 108 cm³/mol. The maximum atomic E-state index is 12.8. The number of benzene rings is 2. The molecule has 1 atom stereocenters. The number of likely N-dealkylation sites (tertiary alicyclic amines) is 1. The molecule has 0 aliphatic carbocycles. The number of hydrogen-bond acceptors (Lipinski definition) is 5. The zero-order chi connectivity index (χ0) is 20.2. The Morgan fingerprint density at radius 3 is 2.31 bits per heavy atom. The first kappa shape index (κ1) is 18.6. The standard InChI is InChI=1S/C22H20N4O3/c27-20(18-12-23-22(24-13-18)25-19-4-2-1-3-5-19)26-11-10-17(14-26)15-6-8-16(9-7-15)21(28)29/h1-9,12-13,17H,10-11,14H2,(H,28,29)(H,23,24,25). The number of carbonyl (C=O) groups excluding carboxylic acids is 1. The number of rotatable bonds is 5. The van der Waals surface area contributed by atoms with Crippen molar-refractivity contribution in [2.45, 2.75) is 12.3 Å². The summed E-state index contributed by atoms with van der Waals surface area (Å²) >= 11 is 0. The van der Waals surface area contributed by atoms with E-state index in [9.17, 15) is 9.59 Å². The van der Waals surface area contributed by atoms with Crippen LogP contribution in [0.5, 0.6) is 0 Å². The van der Waals surface area contributed by atoms with Gasteiger partial charge in [0.25, 0.3) is 5.91 Å². The fraction of sp³-hybridized carbons (Fsp3) is 0.182. The first-order valence-electron chi connectivity index (χ1n) is 9.37. The van der Waals surface area contributed by atoms with Crippen LogP contribution >= 0.6 is 0 Å². The molecule has 1 aliphatic heterocycles. The lowest BCUT2D eigenvalue weighted by molar-refractivity contribution is 0.0696. The molecule has 4 rings (SSSR count). The van der Waals surface area contributed by atoms with E-state index in [4.69, 9.17) is 5.11 Å². The molecule has 2 N–H and O–H groups in total. The molecule has 0 radical (unpaired) electrons. The Balaban J connectivity index is 1.39. The van der Waals surface area contributed by atoms with E-state index in [1.54, 1.807) is 17.0 Å². The Morgan fingerprint density at radius 1 is 0.966 bits per heavy atom. The van der Waals surface area contributed by atoms with Gasteiger partial charge in [-0.2, -0.15) is 0 Å². The molecule has 1 unspecified atom stereocenters. The SMILES string of the molecule is O=C(O)c1ccc(C2CCN(C(=O)c3cnc(Nc4ccccc4)nc3)C2)cc1. The lowest BCUT2D eigenvalue weighted by Crippen LogP contribution is -2.28. The number of carbonyl (C=O) groups is 2. The first-order valence-corrected chi connectivity index (χ1v) is 9.37. The zero-order valence-electron chi connectivity index (χ0n) is 15.7. The quantitative estimate of drug-likeness (QED) is 0.694. The van der Waals surface area contributed by atoms with E-state index in [2.05, 4.69) is 15.3 Å². The maximum Gasteiger partial charge on any atom is 0.335 e. The van der Waals surface area contributed by atoms with Crippen molar-refractivity contribution in [2.24, 2.45) is 0 Å². The van der Waals surface area contributed by atoms with E-state index in [1.165, 1.54) is 12.4 Å². The topological polar surface area (TPSA) is 95.4 Å². The normalized spacial score (nSPS) is 15.9. The summed E-state index contributed by atoms with van der Waals surface area (Å²) in [5, 5.41) is 12.1. The van der Waals surface area contributed by atoms with Gasteiger partial charge in [-0.1, -0.05) is 30.3 Å². The fourth-order valence-corrected chi connectivity index (χ4v) is 3.45. The smallest absolute Gasteiger partial charge is 0.335 e. The number of para-hydroxylation sites is 1. The molecular weight excluding hydrogens is 368 g/mol. The van der Waals surface area contributed by atoms with Gasteiger partial charge < -0.3 is 15.3 Å². The Labute approximate surface area is 168 Å². The Kier molecular flexibility index (Phi) is 5.20. The van der Waals surface area contributed by atoms with Crippen molar-refractivity contribution in [3.8, 4) is 0 Å². The number of carboxylic acid groups (broad SMARTS) is 1. The van der Waals surface area contributed by atoms with E-state index < -0.39 is 5.97 Å². The highest BCUT2D eigenvalue weighted by molar-refractivity contribution is 5.94. The number of carboxylic acids is 1. The fourth-order valence-electron chi connectivity index (χ4n) is 3.45. The second kappa shape index (κ2) is 8.10. The van der Waals surface area contributed by atoms with Crippen LogP contribution in [0.1, 0.15) is 38.6 Å². The molecule has 0 bridgehead atoms. The third-order valence-electron chi connectivity index (χ3n) is 5.03. The minimum absolute atomic E-state index is 0.0964. The molecule has 7 nitrogen and oxygen atoms in total. The molecule has 1 amide bonds. The van der Waals surface area contributed by atoms with Crippen LogP contribution in [0.2, 0.25) is 0 Å². The third-order valence-corrected chi connectivity index (χ3v) is 5.03. The molecular formula is C22H20N4O3. The maximum absolute atomic E-state index is 12.8. The summed E-state index contributed by atoms with van der Waals surface area (Å²) in [6, 6.07) is 16.5. The van der Waals surface area contributed by atoms with Crippen molar-refractivity contribution in [2.75, 3.05) is 18.4 Å². The van der Waals surface area contributed by atoms with E-state index in [0.29, 0.717) is 24.6 Å². The lowest BCUT2D eigenvalue weighted by atomic mass is 9.97. The van der Waals surface area contributed by atoms with Gasteiger partial charge in [-0.25, -0.2) is 14.8 Å². The molecule has 1 saturated heterocycles. The minimum atomic E-state index is -0.940. The van der Waals surface area contributed by atoms with Gasteiger partial charge >= 0.3 is 5.97 Å². The van der Waals surface area contributed by atoms with Crippen molar-refractivity contribution in [3.63, 3.8) is 0 Å². The van der Waals surface area contributed by atoms with Crippen LogP contribution in [-0.2, 0) is 0 Å². The Morgan fingerprint density at radius 2 is 1.66 bits per heavy atom. The summed E-state index contributed by atoms with van der Waals surface area (Å²) in [4.78, 5) is 34.1. The molecule has 1 aromatic heterocycles. The van der Waals surface area contributed by atoms with Gasteiger partial charge in [0.05, 0.1) is 11.1 Å². The van der Waals surface area contributed by atoms with Gasteiger partial charge in [-0.05, 0) is 36.2 Å². The summed E-state index contributed by atoms with van der Waals surface area (Å²) in [5.41, 5.74) is 2.64. The number of aromatic nitrogens is 2. The number of anilines is 2. The second-order valence-electron chi connectivity index (χ2n) is 6.95. The third kappa shape index (κ3) is 4.24. The summed E-state index contributed by atoms with van der Waals surface area (Å²) in [7, 11) is 0. The summed E-state index contributed by atoms with van der Waals surface area (Å²) < 4.78 is 0. The monoisotopic (exact) mass is 388 g/mol. The molecule has 0 saturated carbocycles. The van der Waals surface area contributed by atoms with Crippen molar-refractivity contribution >= 4 is 23.5 Å². The molecule has 2 heterocycles. The van der Waals surface area contributed by atoms with Crippen LogP contribution in [0.15, 0.2) is 67.0 Å². The second-order valence-corrected chi connectivity index (χ2v) is 6.95. The van der Waals surface area contributed by atoms with Crippen molar-refractivity contribution in [1.29, 1.82) is 0 Å². The zero-order valence-corrected chi connectivity index (χ0v) is 15.7. The van der Waals surface area contributed by atoms with Crippen LogP contribution < -0.4 is 5.32 Å². The van der Waals surface area contributed by atoms with E-state index in [-0.39, 0.29) is 17.4 Å². The molecule has 2 aromatic carbocycles. The highest BCUT2D eigenvalue weighted by Gasteiger charge is 2.28. The molecule has 29 heavy (non-hydrogen) atoms. The first-order chi connectivity index (χ1) is 14.1. The van der Waals surface area contributed by atoms with Crippen LogP contribution in [0.4, 0.5) is 11.6 Å². The van der Waals surface area contributed by atoms with Crippen molar-refractivity contribution < 1.29 is 14.7 Å². The summed E-state index contributed by atoms with van der Waals surface area (Å²) in [6.07, 6.45) is 3.91. The largest absolute Gasteiger partial charge is 0.478 e.